The summed E-state index contributed by atoms with van der Waals surface area (Å²) in [6.45, 7) is 17.9. The molecule has 0 atom stereocenters. The van der Waals surface area contributed by atoms with Crippen LogP contribution in [0.2, 0.25) is 26.2 Å². The molecule has 0 aliphatic rings. The first-order chi connectivity index (χ1) is 44.9. The molecular weight excluding hydrogens is 1280 g/mol. The molecule has 16 rings (SSSR count). The zero-order chi connectivity index (χ0) is 64.1. The Hall–Kier alpha value is -7.44. The van der Waals surface area contributed by atoms with Gasteiger partial charge in [-0.05, 0) is 91.0 Å². The summed E-state index contributed by atoms with van der Waals surface area (Å²) in [5.41, 5.74) is 16.3. The van der Waals surface area contributed by atoms with Gasteiger partial charge in [0.2, 0.25) is 0 Å². The van der Waals surface area contributed by atoms with Gasteiger partial charge in [0.1, 0.15) is 0 Å². The van der Waals surface area contributed by atoms with Crippen LogP contribution in [0.3, 0.4) is 0 Å². The fraction of sp³-hybridized carbons (Fsp3) is 0.136. The Kier molecular flexibility index (Phi) is 25.5. The maximum absolute atomic E-state index is 2.34. The van der Waals surface area contributed by atoms with E-state index < -0.39 is 0 Å². The van der Waals surface area contributed by atoms with E-state index in [0.29, 0.717) is 0 Å². The molecule has 0 aromatic heterocycles. The molecule has 0 radical (unpaired) electrons. The molecule has 16 aromatic carbocycles. The Labute approximate surface area is 593 Å². The first-order valence-corrected chi connectivity index (χ1v) is 42.3. The summed E-state index contributed by atoms with van der Waals surface area (Å²) in [5, 5.41) is 21.3. The van der Waals surface area contributed by atoms with Crippen molar-refractivity contribution in [2.75, 3.05) is 0 Å². The van der Waals surface area contributed by atoms with Gasteiger partial charge in [0, 0.05) is 0 Å². The van der Waals surface area contributed by atoms with Crippen molar-refractivity contribution in [1.29, 1.82) is 0 Å². The molecule has 0 aliphatic carbocycles. The SMILES string of the molecule is CCc1cc2c(-c3cccc4ccccc34)cccc2[cH-]1.CCc1cc2c(-c3cccc4ccccc34)cccc2[cH-]1.CCc1cc2c(-c3cccc4ccccc34)cccc2[cH-]1.CCc1cc2c(-c3cccc4ccccc34)cccc2[cH-]1.C[Si](C)=[Ti+2].C[Si](C)=[Ti+2].[Cl-].[Cl-]. The molecule has 0 nitrogen and oxygen atoms in total. The van der Waals surface area contributed by atoms with Crippen molar-refractivity contribution < 1.29 is 63.2 Å². The van der Waals surface area contributed by atoms with Crippen LogP contribution in [0.15, 0.2) is 291 Å². The second kappa shape index (κ2) is 33.8. The molecule has 0 fully saturated rings. The zero-order valence-electron chi connectivity index (χ0n) is 55.3. The Morgan fingerprint density at radius 2 is 0.394 bits per heavy atom. The van der Waals surface area contributed by atoms with E-state index >= 15 is 0 Å². The van der Waals surface area contributed by atoms with Crippen LogP contribution < -0.4 is 24.8 Å². The van der Waals surface area contributed by atoms with Gasteiger partial charge in [-0.1, -0.05) is 244 Å². The smallest absolute Gasteiger partial charge is 1.00 e. The average molecular weight is 1360 g/mol. The zero-order valence-corrected chi connectivity index (χ0v) is 61.9. The molecule has 0 amide bonds. The molecule has 16 aromatic rings. The largest absolute Gasteiger partial charge is 1.00 e. The monoisotopic (exact) mass is 1360 g/mol. The van der Waals surface area contributed by atoms with Crippen molar-refractivity contribution in [3.8, 4) is 44.5 Å². The summed E-state index contributed by atoms with van der Waals surface area (Å²) in [6, 6.07) is 106. The Morgan fingerprint density at radius 3 is 0.585 bits per heavy atom. The third-order valence-corrected chi connectivity index (χ3v) is 17.2. The van der Waals surface area contributed by atoms with E-state index in [1.54, 1.807) is 0 Å². The summed E-state index contributed by atoms with van der Waals surface area (Å²) in [5.74, 6) is 0. The predicted octanol–water partition coefficient (Wildman–Crippen LogP) is 19.3. The number of aryl methyl sites for hydroxylation is 4. The van der Waals surface area contributed by atoms with Crippen LogP contribution in [-0.2, 0) is 64.0 Å². The van der Waals surface area contributed by atoms with Crippen LogP contribution >= 0.6 is 0 Å². The summed E-state index contributed by atoms with van der Waals surface area (Å²) in [4.78, 5) is 0. The predicted molar refractivity (Wildman–Crippen MR) is 402 cm³/mol. The van der Waals surface area contributed by atoms with E-state index in [9.17, 15) is 0 Å². The maximum Gasteiger partial charge on any atom is -1.00 e. The minimum Gasteiger partial charge on any atom is -1.00 e. The van der Waals surface area contributed by atoms with Crippen molar-refractivity contribution in [2.24, 2.45) is 0 Å². The van der Waals surface area contributed by atoms with Gasteiger partial charge in [-0.15, -0.1) is 138 Å². The van der Waals surface area contributed by atoms with Gasteiger partial charge < -0.3 is 24.8 Å². The van der Waals surface area contributed by atoms with Crippen molar-refractivity contribution in [3.63, 3.8) is 0 Å². The molecule has 0 saturated carbocycles. The van der Waals surface area contributed by atoms with Gasteiger partial charge >= 0.3 is 76.9 Å². The van der Waals surface area contributed by atoms with Crippen LogP contribution in [0.1, 0.15) is 49.9 Å². The van der Waals surface area contributed by atoms with Crippen LogP contribution in [-0.4, -0.2) is 12.4 Å². The Balaban J connectivity index is 0.000000141. The van der Waals surface area contributed by atoms with Crippen LogP contribution in [0.5, 0.6) is 0 Å². The summed E-state index contributed by atoms with van der Waals surface area (Å²) in [7, 11) is 0. The van der Waals surface area contributed by atoms with E-state index in [-0.39, 0.29) is 37.2 Å². The maximum atomic E-state index is 2.34. The number of hydrogen-bond donors (Lipinski definition) is 0. The topological polar surface area (TPSA) is 0 Å². The van der Waals surface area contributed by atoms with E-state index in [4.69, 9.17) is 0 Å². The molecule has 0 spiro atoms. The third kappa shape index (κ3) is 16.6. The standard InChI is InChI=1S/4C21H17.2C2H6Si.2ClH.2Ti/c4*1-2-15-13-17-9-6-12-20(21(17)14-15)19-11-5-8-16-7-3-4-10-18(16)19;2*1-3-2;;;;/h4*3-14H,2H2,1H3;2*1-2H3;2*1H;;/q4*-1;;;;;2*+2/p-2. The molecule has 0 aliphatic heterocycles. The number of rotatable bonds is 8. The van der Waals surface area contributed by atoms with Gasteiger partial charge in [0.05, 0.1) is 0 Å². The van der Waals surface area contributed by atoms with E-state index in [1.165, 1.54) is 153 Å². The third-order valence-electron chi connectivity index (χ3n) is 17.2. The number of hydrogen-bond acceptors (Lipinski definition) is 0. The average Bonchev–Trinajstić information content (AvgIpc) is 1.96. The van der Waals surface area contributed by atoms with Crippen LogP contribution in [0.4, 0.5) is 0 Å². The molecule has 464 valence electrons. The summed E-state index contributed by atoms with van der Waals surface area (Å²) in [6.07, 6.45) is 4.59. The van der Waals surface area contributed by atoms with Crippen molar-refractivity contribution >= 4 is 98.6 Å². The first kappa shape index (κ1) is 70.9. The van der Waals surface area contributed by atoms with E-state index in [0.717, 1.165) is 25.7 Å². The van der Waals surface area contributed by atoms with Crippen molar-refractivity contribution in [1.82, 2.24) is 0 Å². The molecule has 0 bridgehead atoms. The second-order valence-corrected chi connectivity index (χ2v) is 37.6. The minimum atomic E-state index is 0. The van der Waals surface area contributed by atoms with Gasteiger partial charge in [-0.3, -0.25) is 0 Å². The van der Waals surface area contributed by atoms with Gasteiger partial charge in [0.25, 0.3) is 0 Å². The van der Waals surface area contributed by atoms with Crippen LogP contribution in [0.25, 0.3) is 131 Å². The molecule has 0 N–H and O–H groups in total. The first-order valence-electron chi connectivity index (χ1n) is 32.6. The van der Waals surface area contributed by atoms with E-state index in [1.807, 2.05) is 0 Å². The number of fused-ring (bicyclic) bond motifs is 8. The quantitative estimate of drug-likeness (QED) is 0.105. The van der Waals surface area contributed by atoms with Gasteiger partial charge in [0.15, 0.2) is 0 Å². The van der Waals surface area contributed by atoms with Crippen molar-refractivity contribution in [2.45, 2.75) is 79.6 Å². The van der Waals surface area contributed by atoms with Crippen LogP contribution in [0, 0.1) is 0 Å². The molecule has 0 unspecified atom stereocenters. The molecule has 6 heteroatoms. The molecule has 94 heavy (non-hydrogen) atoms. The van der Waals surface area contributed by atoms with Gasteiger partial charge in [-0.25, -0.2) is 0 Å². The fourth-order valence-corrected chi connectivity index (χ4v) is 12.8. The number of halogens is 2. The molecule has 0 heterocycles. The Morgan fingerprint density at radius 1 is 0.234 bits per heavy atom. The normalized spacial score (nSPS) is 10.7. The van der Waals surface area contributed by atoms with Crippen molar-refractivity contribution in [3.05, 3.63) is 313 Å². The van der Waals surface area contributed by atoms with E-state index in [2.05, 4.69) is 383 Å². The number of benzene rings is 12. The van der Waals surface area contributed by atoms with Gasteiger partial charge in [-0.2, -0.15) is 24.3 Å². The Bertz CT molecular complexity index is 4560. The minimum absolute atomic E-state index is 0. The summed E-state index contributed by atoms with van der Waals surface area (Å²) < 4.78 is 0. The fourth-order valence-electron chi connectivity index (χ4n) is 12.8. The molecule has 0 saturated heterocycles. The summed E-state index contributed by atoms with van der Waals surface area (Å²) >= 11 is 4.54. The second-order valence-electron chi connectivity index (χ2n) is 24.2. The molecular formula is C88H80Cl2Si2Ti2-2.